The van der Waals surface area contributed by atoms with E-state index in [2.05, 4.69) is 65.6 Å². The molecule has 1 aliphatic heterocycles. The SMILES string of the molecule is N#Cc1c(C2=CCC(c3ccc(N4C=CC(=O)C5=CC=CCC54)cc3)C=C2)c(C#N)c(-c2ccc(-c3ccc(-n4ccc(=O)c5ccccc54)cc3)cc2)c(C#N)c1-c1ccc(-c2ccc(-n3ccc(=O)c4ccccc43)cc2)cc1. The Bertz CT molecular complexity index is 4430. The van der Waals surface area contributed by atoms with Gasteiger partial charge in [0.25, 0.3) is 0 Å². The zero-order valence-electron chi connectivity index (χ0n) is 43.6. The van der Waals surface area contributed by atoms with Gasteiger partial charge in [0.05, 0.1) is 33.8 Å². The lowest BCUT2D eigenvalue weighted by atomic mass is 9.78. The van der Waals surface area contributed by atoms with E-state index in [1.54, 1.807) is 30.6 Å². The third-order valence-corrected chi connectivity index (χ3v) is 15.9. The number of nitriles is 3. The standard InChI is InChI=1S/C72H46N6O3/c73-43-61-70(52-19-13-46(14-20-52)49-25-31-55(32-26-49)76-40-37-67(79)58-7-1-4-10-64(58)76)62(44-74)72(54-23-17-48(18-24-54)51-29-35-57(36-30-51)78-42-39-69(81)60-9-3-6-12-66(60)78)63(45-75)71(61)53-21-15-47(16-22-53)50-27-33-56(34-28-50)77-41-38-68(80)59-8-2-5-11-65(59)77/h1-11,13-17,19-42,48,66H,12,18H2. The minimum atomic E-state index is -0.0507. The molecule has 2 aromatic heterocycles. The Morgan fingerprint density at radius 3 is 1.40 bits per heavy atom. The maximum atomic E-state index is 12.7. The van der Waals surface area contributed by atoms with Crippen LogP contribution in [0.2, 0.25) is 0 Å². The molecule has 0 saturated heterocycles. The maximum Gasteiger partial charge on any atom is 0.189 e. The van der Waals surface area contributed by atoms with Crippen LogP contribution in [0.15, 0.2) is 258 Å². The highest BCUT2D eigenvalue weighted by Gasteiger charge is 2.31. The van der Waals surface area contributed by atoms with E-state index >= 15 is 0 Å². The van der Waals surface area contributed by atoms with E-state index in [0.29, 0.717) is 45.0 Å². The Kier molecular flexibility index (Phi) is 12.6. The molecule has 9 heteroatoms. The van der Waals surface area contributed by atoms with Gasteiger partial charge in [-0.3, -0.25) is 14.4 Å². The van der Waals surface area contributed by atoms with Crippen LogP contribution in [-0.4, -0.2) is 21.0 Å². The molecule has 382 valence electrons. The Labute approximate surface area is 467 Å². The first-order chi connectivity index (χ1) is 39.8. The smallest absolute Gasteiger partial charge is 0.189 e. The van der Waals surface area contributed by atoms with Gasteiger partial charge in [0.1, 0.15) is 18.2 Å². The van der Waals surface area contributed by atoms with Crippen molar-refractivity contribution >= 4 is 38.8 Å². The summed E-state index contributed by atoms with van der Waals surface area (Å²) < 4.78 is 3.99. The van der Waals surface area contributed by atoms with Crippen LogP contribution in [0, 0.1) is 34.0 Å². The molecule has 8 aromatic carbocycles. The number of ketones is 1. The number of fused-ring (bicyclic) bond motifs is 3. The van der Waals surface area contributed by atoms with Crippen LogP contribution < -0.4 is 15.8 Å². The fourth-order valence-electron chi connectivity index (χ4n) is 11.8. The van der Waals surface area contributed by atoms with E-state index in [1.807, 2.05) is 179 Å². The van der Waals surface area contributed by atoms with Crippen molar-refractivity contribution in [3.63, 3.8) is 0 Å². The number of benzene rings is 8. The average molecular weight is 1040 g/mol. The average Bonchev–Trinajstić information content (AvgIpc) is 3.72. The van der Waals surface area contributed by atoms with Gasteiger partial charge in [-0.2, -0.15) is 15.8 Å². The fourth-order valence-corrected chi connectivity index (χ4v) is 11.8. The zero-order chi connectivity index (χ0) is 55.1. The van der Waals surface area contributed by atoms with Crippen LogP contribution in [-0.2, 0) is 4.79 Å². The summed E-state index contributed by atoms with van der Waals surface area (Å²) in [7, 11) is 0. The highest BCUT2D eigenvalue weighted by atomic mass is 16.1. The van der Waals surface area contributed by atoms with E-state index < -0.39 is 0 Å². The molecule has 0 saturated carbocycles. The van der Waals surface area contributed by atoms with Crippen LogP contribution in [0.5, 0.6) is 0 Å². The molecular formula is C72H46N6O3. The van der Waals surface area contributed by atoms with Gasteiger partial charge < -0.3 is 14.0 Å². The number of para-hydroxylation sites is 2. The molecule has 0 bridgehead atoms. The summed E-state index contributed by atoms with van der Waals surface area (Å²) >= 11 is 0. The van der Waals surface area contributed by atoms with Crippen molar-refractivity contribution in [2.24, 2.45) is 0 Å². The van der Waals surface area contributed by atoms with Crippen LogP contribution in [0.3, 0.4) is 0 Å². The van der Waals surface area contributed by atoms with Crippen molar-refractivity contribution in [2.45, 2.75) is 24.8 Å². The molecular weight excluding hydrogens is 997 g/mol. The first kappa shape index (κ1) is 49.4. The first-order valence-corrected chi connectivity index (χ1v) is 26.7. The highest BCUT2D eigenvalue weighted by Crippen LogP contribution is 2.45. The van der Waals surface area contributed by atoms with Crippen molar-refractivity contribution in [3.05, 3.63) is 297 Å². The number of rotatable bonds is 9. The predicted molar refractivity (Wildman–Crippen MR) is 322 cm³/mol. The van der Waals surface area contributed by atoms with E-state index in [1.165, 1.54) is 0 Å². The lowest BCUT2D eigenvalue weighted by Gasteiger charge is -2.35. The van der Waals surface area contributed by atoms with Gasteiger partial charge in [0.2, 0.25) is 0 Å². The Hall–Kier alpha value is -11.2. The van der Waals surface area contributed by atoms with Gasteiger partial charge in [-0.05, 0) is 118 Å². The highest BCUT2D eigenvalue weighted by molar-refractivity contribution is 6.07. The summed E-state index contributed by atoms with van der Waals surface area (Å²) in [5, 5.41) is 35.2. The van der Waals surface area contributed by atoms with Crippen LogP contribution in [0.25, 0.3) is 83.3 Å². The molecule has 0 spiro atoms. The molecule has 10 aromatic rings. The first-order valence-electron chi connectivity index (χ1n) is 26.7. The van der Waals surface area contributed by atoms with Crippen LogP contribution in [0.4, 0.5) is 5.69 Å². The number of carbonyl (C=O) groups excluding carboxylic acids is 1. The monoisotopic (exact) mass is 1040 g/mol. The Morgan fingerprint density at radius 2 is 0.914 bits per heavy atom. The van der Waals surface area contributed by atoms with Gasteiger partial charge in [0, 0.05) is 92.8 Å². The lowest BCUT2D eigenvalue weighted by molar-refractivity contribution is -0.111. The Balaban J connectivity index is 0.865. The third-order valence-electron chi connectivity index (χ3n) is 15.9. The van der Waals surface area contributed by atoms with Gasteiger partial charge in [0.15, 0.2) is 16.6 Å². The van der Waals surface area contributed by atoms with E-state index in [0.717, 1.165) is 73.5 Å². The van der Waals surface area contributed by atoms with Crippen molar-refractivity contribution in [2.75, 3.05) is 4.90 Å². The number of carbonyl (C=O) groups is 1. The van der Waals surface area contributed by atoms with Crippen molar-refractivity contribution in [3.8, 4) is 74.1 Å². The molecule has 0 radical (unpaired) electrons. The fraction of sp³-hybridized carbons (Fsp3) is 0.0556. The van der Waals surface area contributed by atoms with Crippen molar-refractivity contribution in [1.29, 1.82) is 15.8 Å². The molecule has 13 rings (SSSR count). The zero-order valence-corrected chi connectivity index (χ0v) is 43.6. The van der Waals surface area contributed by atoms with Gasteiger partial charge in [-0.15, -0.1) is 0 Å². The quantitative estimate of drug-likeness (QED) is 0.140. The van der Waals surface area contributed by atoms with Gasteiger partial charge in [-0.1, -0.05) is 146 Å². The summed E-state index contributed by atoms with van der Waals surface area (Å²) in [5.41, 5.74) is 14.1. The van der Waals surface area contributed by atoms with Crippen LogP contribution in [0.1, 0.15) is 46.6 Å². The Morgan fingerprint density at radius 1 is 0.457 bits per heavy atom. The number of anilines is 1. The largest absolute Gasteiger partial charge is 0.340 e. The van der Waals surface area contributed by atoms with Crippen molar-refractivity contribution < 1.29 is 4.79 Å². The molecule has 0 amide bonds. The summed E-state index contributed by atoms with van der Waals surface area (Å²) in [6.07, 6.45) is 20.6. The number of hydrogen-bond acceptors (Lipinski definition) is 7. The topological polar surface area (TPSA) is 136 Å². The second-order valence-electron chi connectivity index (χ2n) is 20.3. The minimum Gasteiger partial charge on any atom is -0.340 e. The molecule has 3 heterocycles. The molecule has 3 aliphatic rings. The molecule has 2 unspecified atom stereocenters. The van der Waals surface area contributed by atoms with Gasteiger partial charge in [-0.25, -0.2) is 0 Å². The van der Waals surface area contributed by atoms with E-state index in [9.17, 15) is 30.2 Å². The van der Waals surface area contributed by atoms with E-state index in [-0.39, 0.29) is 45.3 Å². The number of allylic oxidation sites excluding steroid dienone is 7. The number of pyridine rings is 2. The van der Waals surface area contributed by atoms with Crippen molar-refractivity contribution in [1.82, 2.24) is 9.13 Å². The van der Waals surface area contributed by atoms with Crippen LogP contribution >= 0.6 is 0 Å². The number of hydrogen-bond donors (Lipinski definition) is 0. The number of nitrogens with zero attached hydrogens (tertiary/aromatic N) is 6. The summed E-state index contributed by atoms with van der Waals surface area (Å²) in [5.74, 6) is 0.0533. The molecule has 0 N–H and O–H groups in total. The second-order valence-corrected chi connectivity index (χ2v) is 20.3. The molecule has 2 aliphatic carbocycles. The second kappa shape index (κ2) is 20.6. The predicted octanol–water partition coefficient (Wildman–Crippen LogP) is 14.9. The summed E-state index contributed by atoms with van der Waals surface area (Å²) in [6, 6.07) is 65.9. The normalized spacial score (nSPS) is 15.4. The molecule has 0 fully saturated rings. The van der Waals surface area contributed by atoms with E-state index in [4.69, 9.17) is 0 Å². The summed E-state index contributed by atoms with van der Waals surface area (Å²) in [4.78, 5) is 40.1. The third kappa shape index (κ3) is 8.80. The molecule has 9 nitrogen and oxygen atoms in total. The maximum absolute atomic E-state index is 12.7. The molecule has 81 heavy (non-hydrogen) atoms. The lowest BCUT2D eigenvalue weighted by Crippen LogP contribution is -2.38. The summed E-state index contributed by atoms with van der Waals surface area (Å²) in [6.45, 7) is 0. The van der Waals surface area contributed by atoms with Gasteiger partial charge >= 0.3 is 0 Å². The number of aromatic nitrogens is 2. The minimum absolute atomic E-state index is 0.0126. The molecule has 2 atom stereocenters.